The van der Waals surface area contributed by atoms with Crippen LogP contribution in [0.2, 0.25) is 0 Å². The van der Waals surface area contributed by atoms with Crippen LogP contribution in [-0.2, 0) is 26.0 Å². The number of sulfonamides is 1. The van der Waals surface area contributed by atoms with Crippen molar-refractivity contribution >= 4 is 27.5 Å². The van der Waals surface area contributed by atoms with Gasteiger partial charge in [0.15, 0.2) is 0 Å². The molecule has 4 rings (SSSR count). The van der Waals surface area contributed by atoms with Gasteiger partial charge in [0.05, 0.1) is 10.6 Å². The third-order valence-electron chi connectivity index (χ3n) is 7.63. The first-order valence-corrected chi connectivity index (χ1v) is 15.4. The van der Waals surface area contributed by atoms with Gasteiger partial charge >= 0.3 is 0 Å². The summed E-state index contributed by atoms with van der Waals surface area (Å²) < 4.78 is 29.1. The summed E-state index contributed by atoms with van der Waals surface area (Å²) in [6, 6.07) is 22.9. The molecule has 3 aromatic rings. The van der Waals surface area contributed by atoms with E-state index in [1.807, 2.05) is 56.3 Å². The molecular weight excluding hydrogens is 522 g/mol. The molecule has 2 amide bonds. The van der Waals surface area contributed by atoms with Gasteiger partial charge in [-0.3, -0.25) is 13.9 Å². The van der Waals surface area contributed by atoms with Crippen molar-refractivity contribution < 1.29 is 18.0 Å². The van der Waals surface area contributed by atoms with Crippen LogP contribution in [-0.4, -0.2) is 50.3 Å². The molecule has 212 valence electrons. The van der Waals surface area contributed by atoms with E-state index < -0.39 is 28.5 Å². The number of rotatable bonds is 11. The second-order valence-electron chi connectivity index (χ2n) is 10.6. The third kappa shape index (κ3) is 7.10. The van der Waals surface area contributed by atoms with E-state index in [1.54, 1.807) is 43.3 Å². The van der Waals surface area contributed by atoms with Crippen LogP contribution >= 0.6 is 0 Å². The minimum Gasteiger partial charge on any atom is -0.352 e. The molecule has 0 spiro atoms. The Balaban J connectivity index is 1.65. The summed E-state index contributed by atoms with van der Waals surface area (Å²) in [5.41, 5.74) is 3.13. The van der Waals surface area contributed by atoms with Crippen LogP contribution in [0.5, 0.6) is 0 Å². The van der Waals surface area contributed by atoms with E-state index in [4.69, 9.17) is 0 Å². The van der Waals surface area contributed by atoms with E-state index in [-0.39, 0.29) is 23.4 Å². The van der Waals surface area contributed by atoms with Gasteiger partial charge in [0.25, 0.3) is 10.0 Å². The van der Waals surface area contributed by atoms with E-state index in [0.29, 0.717) is 12.1 Å². The number of hydrogen-bond donors (Lipinski definition) is 1. The molecule has 1 aliphatic carbocycles. The lowest BCUT2D eigenvalue weighted by Crippen LogP contribution is -2.53. The Morgan fingerprint density at radius 2 is 1.52 bits per heavy atom. The summed E-state index contributed by atoms with van der Waals surface area (Å²) >= 11 is 0. The summed E-state index contributed by atoms with van der Waals surface area (Å²) in [6.07, 6.45) is 4.58. The number of carbonyl (C=O) groups is 2. The molecule has 1 aliphatic rings. The fraction of sp³-hybridized carbons (Fsp3) is 0.375. The summed E-state index contributed by atoms with van der Waals surface area (Å²) in [7, 11) is -4.07. The zero-order valence-electron chi connectivity index (χ0n) is 23.5. The Bertz CT molecular complexity index is 1400. The van der Waals surface area contributed by atoms with Crippen LogP contribution in [0.4, 0.5) is 5.69 Å². The number of anilines is 1. The monoisotopic (exact) mass is 561 g/mol. The lowest BCUT2D eigenvalue weighted by atomic mass is 10.1. The van der Waals surface area contributed by atoms with E-state index in [1.165, 1.54) is 9.21 Å². The molecule has 0 radical (unpaired) electrons. The van der Waals surface area contributed by atoms with Crippen molar-refractivity contribution in [2.24, 2.45) is 0 Å². The molecule has 0 aliphatic heterocycles. The van der Waals surface area contributed by atoms with Crippen molar-refractivity contribution in [3.05, 3.63) is 95.6 Å². The highest BCUT2D eigenvalue weighted by Crippen LogP contribution is 2.27. The summed E-state index contributed by atoms with van der Waals surface area (Å²) in [5.74, 6) is -0.638. The van der Waals surface area contributed by atoms with Gasteiger partial charge in [0.1, 0.15) is 12.6 Å². The number of hydrogen-bond acceptors (Lipinski definition) is 4. The highest BCUT2D eigenvalue weighted by Gasteiger charge is 2.33. The molecular formula is C32H39N3O4S. The second kappa shape index (κ2) is 13.1. The van der Waals surface area contributed by atoms with Crippen molar-refractivity contribution in [3.63, 3.8) is 0 Å². The fourth-order valence-corrected chi connectivity index (χ4v) is 6.63. The summed E-state index contributed by atoms with van der Waals surface area (Å²) in [6.45, 7) is 5.30. The van der Waals surface area contributed by atoms with Crippen molar-refractivity contribution in [1.29, 1.82) is 0 Å². The Labute approximate surface area is 238 Å². The second-order valence-corrected chi connectivity index (χ2v) is 12.5. The number of carbonyl (C=O) groups excluding carboxylic acids is 2. The van der Waals surface area contributed by atoms with Crippen LogP contribution in [0.15, 0.2) is 83.8 Å². The lowest BCUT2D eigenvalue weighted by Gasteiger charge is -2.33. The van der Waals surface area contributed by atoms with Gasteiger partial charge in [0.2, 0.25) is 11.8 Å². The van der Waals surface area contributed by atoms with Gasteiger partial charge < -0.3 is 10.2 Å². The van der Waals surface area contributed by atoms with E-state index >= 15 is 0 Å². The molecule has 0 saturated heterocycles. The molecule has 1 fully saturated rings. The molecule has 0 aromatic heterocycles. The minimum absolute atomic E-state index is 0.108. The molecule has 1 atom stereocenters. The molecule has 8 heteroatoms. The average molecular weight is 562 g/mol. The van der Waals surface area contributed by atoms with Crippen LogP contribution in [0, 0.1) is 13.8 Å². The van der Waals surface area contributed by atoms with E-state index in [2.05, 4.69) is 5.32 Å². The summed E-state index contributed by atoms with van der Waals surface area (Å²) in [5, 5.41) is 3.10. The average Bonchev–Trinajstić information content (AvgIpc) is 3.46. The van der Waals surface area contributed by atoms with Gasteiger partial charge in [0, 0.05) is 12.6 Å². The number of nitrogens with zero attached hydrogens (tertiary/aromatic N) is 2. The quantitative estimate of drug-likeness (QED) is 0.356. The number of aryl methyl sites for hydroxylation is 2. The first-order valence-electron chi connectivity index (χ1n) is 14.0. The van der Waals surface area contributed by atoms with E-state index in [9.17, 15) is 18.0 Å². The topological polar surface area (TPSA) is 86.8 Å². The van der Waals surface area contributed by atoms with Crippen molar-refractivity contribution in [2.75, 3.05) is 17.4 Å². The largest absolute Gasteiger partial charge is 0.352 e. The Morgan fingerprint density at radius 1 is 0.900 bits per heavy atom. The van der Waals surface area contributed by atoms with Crippen LogP contribution in [0.25, 0.3) is 0 Å². The van der Waals surface area contributed by atoms with Crippen molar-refractivity contribution in [1.82, 2.24) is 10.2 Å². The number of para-hydroxylation sites is 1. The van der Waals surface area contributed by atoms with Crippen LogP contribution in [0.1, 0.15) is 49.3 Å². The SMILES string of the molecule is Cc1ccc(S(=O)(=O)N(CC(=O)N(CCc2ccccc2)[C@H](C)C(=O)NC2CCCC2)c2ccccc2C)cc1. The molecule has 0 heterocycles. The molecule has 40 heavy (non-hydrogen) atoms. The maximum absolute atomic E-state index is 14.0. The zero-order valence-corrected chi connectivity index (χ0v) is 24.4. The van der Waals surface area contributed by atoms with Gasteiger partial charge in [-0.25, -0.2) is 8.42 Å². The van der Waals surface area contributed by atoms with Crippen LogP contribution in [0.3, 0.4) is 0 Å². The minimum atomic E-state index is -4.07. The zero-order chi connectivity index (χ0) is 28.7. The molecule has 0 bridgehead atoms. The predicted molar refractivity (Wildman–Crippen MR) is 159 cm³/mol. The normalized spacial score (nSPS) is 14.5. The molecule has 0 unspecified atom stereocenters. The summed E-state index contributed by atoms with van der Waals surface area (Å²) in [4.78, 5) is 28.9. The van der Waals surface area contributed by atoms with Crippen LogP contribution < -0.4 is 9.62 Å². The van der Waals surface area contributed by atoms with Gasteiger partial charge in [-0.1, -0.05) is 79.1 Å². The highest BCUT2D eigenvalue weighted by atomic mass is 32.2. The fourth-order valence-electron chi connectivity index (χ4n) is 5.16. The molecule has 3 aromatic carbocycles. The Kier molecular flexibility index (Phi) is 9.63. The van der Waals surface area contributed by atoms with Crippen molar-refractivity contribution in [2.45, 2.75) is 69.9 Å². The third-order valence-corrected chi connectivity index (χ3v) is 9.40. The van der Waals surface area contributed by atoms with Gasteiger partial charge in [-0.15, -0.1) is 0 Å². The first-order chi connectivity index (χ1) is 19.2. The molecule has 1 saturated carbocycles. The first kappa shape index (κ1) is 29.3. The van der Waals surface area contributed by atoms with Gasteiger partial charge in [-0.05, 0) is 69.4 Å². The molecule has 7 nitrogen and oxygen atoms in total. The maximum atomic E-state index is 14.0. The smallest absolute Gasteiger partial charge is 0.264 e. The van der Waals surface area contributed by atoms with Gasteiger partial charge in [-0.2, -0.15) is 0 Å². The Hall–Kier alpha value is -3.65. The number of benzene rings is 3. The highest BCUT2D eigenvalue weighted by molar-refractivity contribution is 7.92. The standard InChI is InChI=1S/C32H39N3O4S/c1-24-17-19-29(20-18-24)40(38,39)35(30-16-10-7-11-25(30)2)23-31(36)34(22-21-27-12-5-4-6-13-27)26(3)32(37)33-28-14-8-9-15-28/h4-7,10-13,16-20,26,28H,8-9,14-15,21-23H2,1-3H3,(H,33,37)/t26-/m1/s1. The Morgan fingerprint density at radius 3 is 2.17 bits per heavy atom. The van der Waals surface area contributed by atoms with Crippen molar-refractivity contribution in [3.8, 4) is 0 Å². The number of nitrogens with one attached hydrogen (secondary N) is 1. The number of amides is 2. The molecule has 1 N–H and O–H groups in total. The maximum Gasteiger partial charge on any atom is 0.264 e. The lowest BCUT2D eigenvalue weighted by molar-refractivity contribution is -0.139. The predicted octanol–water partition coefficient (Wildman–Crippen LogP) is 5.02. The van der Waals surface area contributed by atoms with E-state index in [0.717, 1.165) is 42.4 Å².